The summed E-state index contributed by atoms with van der Waals surface area (Å²) in [6, 6.07) is 7.83. The van der Waals surface area contributed by atoms with E-state index < -0.39 is 10.0 Å². The Bertz CT molecular complexity index is 805. The molecule has 0 aliphatic heterocycles. The lowest BCUT2D eigenvalue weighted by atomic mass is 10.1. The highest BCUT2D eigenvalue weighted by molar-refractivity contribution is 7.92. The average Bonchev–Trinajstić information content (AvgIpc) is 2.37. The Morgan fingerprint density at radius 3 is 2.33 bits per heavy atom. The van der Waals surface area contributed by atoms with Crippen molar-refractivity contribution in [3.8, 4) is 0 Å². The van der Waals surface area contributed by atoms with Crippen molar-refractivity contribution in [2.75, 3.05) is 10.5 Å². The summed E-state index contributed by atoms with van der Waals surface area (Å²) in [5.74, 6) is 0. The summed E-state index contributed by atoms with van der Waals surface area (Å²) >= 11 is 11.7. The Morgan fingerprint density at radius 1 is 1.05 bits per heavy atom. The number of nitrogens with one attached hydrogen (secondary N) is 1. The summed E-state index contributed by atoms with van der Waals surface area (Å²) in [6.45, 7) is 3.45. The minimum absolute atomic E-state index is 0.145. The van der Waals surface area contributed by atoms with E-state index in [1.807, 2.05) is 0 Å². The first kappa shape index (κ1) is 15.9. The number of rotatable bonds is 3. The van der Waals surface area contributed by atoms with Crippen LogP contribution in [0.25, 0.3) is 0 Å². The van der Waals surface area contributed by atoms with Crippen LogP contribution in [0.5, 0.6) is 0 Å². The van der Waals surface area contributed by atoms with Crippen LogP contribution in [-0.4, -0.2) is 8.42 Å². The third-order valence-corrected chi connectivity index (χ3v) is 5.25. The second-order valence-electron chi connectivity index (χ2n) is 4.71. The summed E-state index contributed by atoms with van der Waals surface area (Å²) in [6.07, 6.45) is 0. The van der Waals surface area contributed by atoms with Gasteiger partial charge in [0.1, 0.15) is 0 Å². The minimum Gasteiger partial charge on any atom is -0.398 e. The molecule has 0 saturated heterocycles. The molecule has 2 rings (SSSR count). The van der Waals surface area contributed by atoms with Gasteiger partial charge >= 0.3 is 0 Å². The molecule has 0 saturated carbocycles. The highest BCUT2D eigenvalue weighted by atomic mass is 35.5. The molecule has 0 aliphatic carbocycles. The third-order valence-electron chi connectivity index (χ3n) is 3.01. The molecule has 4 nitrogen and oxygen atoms in total. The molecule has 21 heavy (non-hydrogen) atoms. The van der Waals surface area contributed by atoms with Crippen LogP contribution in [0.15, 0.2) is 35.2 Å². The normalized spacial score (nSPS) is 11.4. The molecule has 0 bridgehead atoms. The summed E-state index contributed by atoms with van der Waals surface area (Å²) < 4.78 is 27.4. The summed E-state index contributed by atoms with van der Waals surface area (Å²) in [5.41, 5.74) is 7.87. The number of hydrogen-bond acceptors (Lipinski definition) is 3. The van der Waals surface area contributed by atoms with Crippen molar-refractivity contribution < 1.29 is 8.42 Å². The number of aryl methyl sites for hydroxylation is 1. The Balaban J connectivity index is 2.45. The molecule has 0 aromatic heterocycles. The number of benzene rings is 2. The zero-order valence-corrected chi connectivity index (χ0v) is 13.8. The first-order chi connectivity index (χ1) is 9.70. The van der Waals surface area contributed by atoms with E-state index in [9.17, 15) is 8.42 Å². The van der Waals surface area contributed by atoms with Crippen molar-refractivity contribution in [1.82, 2.24) is 0 Å². The largest absolute Gasteiger partial charge is 0.398 e. The first-order valence-electron chi connectivity index (χ1n) is 6.05. The van der Waals surface area contributed by atoms with Gasteiger partial charge in [0.15, 0.2) is 0 Å². The van der Waals surface area contributed by atoms with Gasteiger partial charge in [0.2, 0.25) is 0 Å². The lowest BCUT2D eigenvalue weighted by Crippen LogP contribution is -2.15. The summed E-state index contributed by atoms with van der Waals surface area (Å²) in [4.78, 5) is 0.145. The number of anilines is 2. The fraction of sp³-hybridized carbons (Fsp3) is 0.143. The van der Waals surface area contributed by atoms with Crippen molar-refractivity contribution in [1.29, 1.82) is 0 Å². The molecule has 0 radical (unpaired) electrons. The summed E-state index contributed by atoms with van der Waals surface area (Å²) in [5, 5.41) is 0.632. The predicted octanol–water partition coefficient (Wildman–Crippen LogP) is 3.99. The fourth-order valence-electron chi connectivity index (χ4n) is 1.90. The highest BCUT2D eigenvalue weighted by Crippen LogP contribution is 2.28. The van der Waals surface area contributed by atoms with Crippen molar-refractivity contribution >= 4 is 44.6 Å². The molecule has 0 atom stereocenters. The van der Waals surface area contributed by atoms with Crippen LogP contribution in [0, 0.1) is 13.8 Å². The first-order valence-corrected chi connectivity index (χ1v) is 8.29. The number of nitrogen functional groups attached to an aromatic ring is 1. The van der Waals surface area contributed by atoms with Crippen LogP contribution in [0.1, 0.15) is 11.1 Å². The maximum atomic E-state index is 12.5. The fourth-order valence-corrected chi connectivity index (χ4v) is 3.61. The van der Waals surface area contributed by atoms with E-state index in [1.165, 1.54) is 12.1 Å². The van der Waals surface area contributed by atoms with E-state index in [0.29, 0.717) is 22.0 Å². The van der Waals surface area contributed by atoms with Gasteiger partial charge in [-0.15, -0.1) is 0 Å². The van der Waals surface area contributed by atoms with Crippen molar-refractivity contribution in [2.24, 2.45) is 0 Å². The van der Waals surface area contributed by atoms with Gasteiger partial charge in [-0.3, -0.25) is 4.72 Å². The van der Waals surface area contributed by atoms with Crippen LogP contribution >= 0.6 is 23.2 Å². The van der Waals surface area contributed by atoms with Gasteiger partial charge in [-0.25, -0.2) is 8.42 Å². The molecule has 0 amide bonds. The quantitative estimate of drug-likeness (QED) is 0.826. The summed E-state index contributed by atoms with van der Waals surface area (Å²) in [7, 11) is -3.75. The van der Waals surface area contributed by atoms with Gasteiger partial charge in [0.25, 0.3) is 10.0 Å². The lowest BCUT2D eigenvalue weighted by molar-refractivity contribution is 0.600. The molecule has 0 spiro atoms. The molecule has 2 aromatic rings. The zero-order chi connectivity index (χ0) is 15.8. The van der Waals surface area contributed by atoms with Crippen molar-refractivity contribution in [3.05, 3.63) is 51.5 Å². The zero-order valence-electron chi connectivity index (χ0n) is 11.4. The molecule has 2 aromatic carbocycles. The number of sulfonamides is 1. The van der Waals surface area contributed by atoms with Crippen molar-refractivity contribution in [2.45, 2.75) is 18.7 Å². The van der Waals surface area contributed by atoms with Crippen molar-refractivity contribution in [3.63, 3.8) is 0 Å². The standard InChI is InChI=1S/C14H14Cl2N2O2S/c1-8-5-13(17)9(2)14(6-8)21(19,20)18-10-3-4-11(15)12(16)7-10/h3-7,18H,17H2,1-2H3. The number of halogens is 2. The maximum Gasteiger partial charge on any atom is 0.262 e. The Hall–Kier alpha value is -1.43. The molecule has 7 heteroatoms. The minimum atomic E-state index is -3.75. The van der Waals surface area contributed by atoms with E-state index in [4.69, 9.17) is 28.9 Å². The molecule has 112 valence electrons. The van der Waals surface area contributed by atoms with Crippen LogP contribution < -0.4 is 10.5 Å². The molecule has 0 aliphatic rings. The number of hydrogen-bond donors (Lipinski definition) is 2. The van der Waals surface area contributed by atoms with Crippen LogP contribution in [0.3, 0.4) is 0 Å². The van der Waals surface area contributed by atoms with E-state index in [2.05, 4.69) is 4.72 Å². The molecule has 0 fully saturated rings. The lowest BCUT2D eigenvalue weighted by Gasteiger charge is -2.13. The second kappa shape index (κ2) is 5.75. The van der Waals surface area contributed by atoms with E-state index in [-0.39, 0.29) is 9.92 Å². The van der Waals surface area contributed by atoms with Gasteiger partial charge in [0.05, 0.1) is 20.6 Å². The molecular formula is C14H14Cl2N2O2S. The Kier molecular flexibility index (Phi) is 4.37. The predicted molar refractivity (Wildman–Crippen MR) is 87.6 cm³/mol. The van der Waals surface area contributed by atoms with Gasteiger partial charge in [-0.1, -0.05) is 23.2 Å². The van der Waals surface area contributed by atoms with Gasteiger partial charge in [-0.2, -0.15) is 0 Å². The molecule has 3 N–H and O–H groups in total. The Labute approximate surface area is 133 Å². The monoisotopic (exact) mass is 344 g/mol. The van der Waals surface area contributed by atoms with Crippen LogP contribution in [-0.2, 0) is 10.0 Å². The third kappa shape index (κ3) is 3.43. The van der Waals surface area contributed by atoms with Gasteiger partial charge in [-0.05, 0) is 55.3 Å². The molecule has 0 heterocycles. The van der Waals surface area contributed by atoms with E-state index in [0.717, 1.165) is 5.56 Å². The maximum absolute atomic E-state index is 12.5. The van der Waals surface area contributed by atoms with Crippen LogP contribution in [0.2, 0.25) is 10.0 Å². The molecule has 0 unspecified atom stereocenters. The highest BCUT2D eigenvalue weighted by Gasteiger charge is 2.19. The topological polar surface area (TPSA) is 72.2 Å². The molecular weight excluding hydrogens is 331 g/mol. The van der Waals surface area contributed by atoms with E-state index in [1.54, 1.807) is 32.0 Å². The van der Waals surface area contributed by atoms with Gasteiger partial charge < -0.3 is 5.73 Å². The Morgan fingerprint density at radius 2 is 1.71 bits per heavy atom. The van der Waals surface area contributed by atoms with Gasteiger partial charge in [0, 0.05) is 5.69 Å². The average molecular weight is 345 g/mol. The smallest absolute Gasteiger partial charge is 0.262 e. The van der Waals surface area contributed by atoms with Crippen LogP contribution in [0.4, 0.5) is 11.4 Å². The van der Waals surface area contributed by atoms with E-state index >= 15 is 0 Å². The SMILES string of the molecule is Cc1cc(N)c(C)c(S(=O)(=O)Nc2ccc(Cl)c(Cl)c2)c1. The second-order valence-corrected chi connectivity index (χ2v) is 7.18. The number of nitrogens with two attached hydrogens (primary N) is 1.